The summed E-state index contributed by atoms with van der Waals surface area (Å²) in [6.45, 7) is 0. The summed E-state index contributed by atoms with van der Waals surface area (Å²) in [5.74, 6) is 0.614. The van der Waals surface area contributed by atoms with E-state index >= 15 is 0 Å². The van der Waals surface area contributed by atoms with Crippen molar-refractivity contribution < 1.29 is 13.3 Å². The van der Waals surface area contributed by atoms with E-state index in [4.69, 9.17) is 18.2 Å². The minimum atomic E-state index is 0.614. The molecule has 0 fully saturated rings. The highest BCUT2D eigenvalue weighted by atomic mass is 16.3. The van der Waals surface area contributed by atoms with Crippen LogP contribution in [0.1, 0.15) is 0 Å². The van der Waals surface area contributed by atoms with Crippen LogP contribution in [0, 0.1) is 0 Å². The predicted molar refractivity (Wildman–Crippen MR) is 204 cm³/mol. The molecule has 0 amide bonds. The molecule has 0 atom stereocenters. The maximum absolute atomic E-state index is 6.55. The molecule has 0 aliphatic heterocycles. The van der Waals surface area contributed by atoms with Crippen LogP contribution in [-0.2, 0) is 0 Å². The van der Waals surface area contributed by atoms with Gasteiger partial charge in [-0.25, -0.2) is 4.98 Å². The largest absolute Gasteiger partial charge is 0.456 e. The second-order valence-corrected chi connectivity index (χ2v) is 12.8. The van der Waals surface area contributed by atoms with E-state index in [0.29, 0.717) is 5.89 Å². The molecule has 0 N–H and O–H groups in total. The first-order chi connectivity index (χ1) is 24.7. The Morgan fingerprint density at radius 1 is 0.400 bits per heavy atom. The van der Waals surface area contributed by atoms with Gasteiger partial charge in [0.05, 0.1) is 0 Å². The fourth-order valence-corrected chi connectivity index (χ4v) is 7.51. The molecular formula is C45H26N2O3. The molecule has 11 rings (SSSR count). The summed E-state index contributed by atoms with van der Waals surface area (Å²) in [4.78, 5) is 7.19. The number of fused-ring (bicyclic) bond motifs is 11. The highest BCUT2D eigenvalue weighted by molar-refractivity contribution is 6.19. The van der Waals surface area contributed by atoms with Gasteiger partial charge in [0.15, 0.2) is 5.58 Å². The number of oxazole rings is 1. The third-order valence-electron chi connectivity index (χ3n) is 9.86. The van der Waals surface area contributed by atoms with Crippen LogP contribution in [-0.4, -0.2) is 4.98 Å². The molecule has 0 saturated heterocycles. The van der Waals surface area contributed by atoms with Gasteiger partial charge in [-0.15, -0.1) is 0 Å². The van der Waals surface area contributed by atoms with Crippen molar-refractivity contribution >= 4 is 93.6 Å². The van der Waals surface area contributed by atoms with Gasteiger partial charge in [0.1, 0.15) is 27.8 Å². The first-order valence-corrected chi connectivity index (χ1v) is 16.7. The van der Waals surface area contributed by atoms with Crippen molar-refractivity contribution in [3.63, 3.8) is 0 Å². The van der Waals surface area contributed by atoms with E-state index in [9.17, 15) is 0 Å². The van der Waals surface area contributed by atoms with Gasteiger partial charge in [-0.2, -0.15) is 0 Å². The summed E-state index contributed by atoms with van der Waals surface area (Å²) in [5.41, 5.74) is 9.01. The van der Waals surface area contributed by atoms with E-state index in [1.807, 2.05) is 60.7 Å². The monoisotopic (exact) mass is 642 g/mol. The Hall–Kier alpha value is -6.85. The van der Waals surface area contributed by atoms with Crippen LogP contribution in [0.25, 0.3) is 88.0 Å². The number of furan rings is 2. The van der Waals surface area contributed by atoms with Crippen LogP contribution in [0.4, 0.5) is 17.1 Å². The van der Waals surface area contributed by atoms with Crippen molar-refractivity contribution in [3.05, 3.63) is 158 Å². The molecule has 0 aliphatic rings. The number of nitrogens with zero attached hydrogens (tertiary/aromatic N) is 2. The molecule has 0 unspecified atom stereocenters. The number of hydrogen-bond donors (Lipinski definition) is 0. The van der Waals surface area contributed by atoms with E-state index in [-0.39, 0.29) is 0 Å². The summed E-state index contributed by atoms with van der Waals surface area (Å²) in [6, 6.07) is 54.5. The van der Waals surface area contributed by atoms with Crippen LogP contribution in [0.3, 0.4) is 0 Å². The summed E-state index contributed by atoms with van der Waals surface area (Å²) >= 11 is 0. The zero-order chi connectivity index (χ0) is 32.8. The van der Waals surface area contributed by atoms with E-state index in [1.165, 1.54) is 0 Å². The van der Waals surface area contributed by atoms with Crippen molar-refractivity contribution in [1.29, 1.82) is 0 Å². The highest BCUT2D eigenvalue weighted by Gasteiger charge is 2.20. The van der Waals surface area contributed by atoms with Gasteiger partial charge in [0.25, 0.3) is 0 Å². The van der Waals surface area contributed by atoms with Gasteiger partial charge >= 0.3 is 0 Å². The molecule has 0 spiro atoms. The van der Waals surface area contributed by atoms with Crippen molar-refractivity contribution in [2.45, 2.75) is 0 Å². The molecular weight excluding hydrogens is 617 g/mol. The Bertz CT molecular complexity index is 3110. The minimum Gasteiger partial charge on any atom is -0.456 e. The fraction of sp³-hybridized carbons (Fsp3) is 0. The lowest BCUT2D eigenvalue weighted by atomic mass is 10.00. The SMILES string of the molecule is c1ccc(-c2nc3ccc4ccc5ccc(N(c6ccc7c(c6)oc6ccccc67)c6ccc7oc8ccccc8c7c6)cc5c4c3o2)cc1. The molecule has 5 heteroatoms. The molecule has 8 aromatic carbocycles. The van der Waals surface area contributed by atoms with Gasteiger partial charge in [-0.05, 0) is 89.0 Å². The third-order valence-corrected chi connectivity index (χ3v) is 9.86. The van der Waals surface area contributed by atoms with E-state index < -0.39 is 0 Å². The molecule has 50 heavy (non-hydrogen) atoms. The van der Waals surface area contributed by atoms with Crippen LogP contribution < -0.4 is 4.90 Å². The Morgan fingerprint density at radius 3 is 1.82 bits per heavy atom. The van der Waals surface area contributed by atoms with Gasteiger partial charge in [0, 0.05) is 55.6 Å². The summed E-state index contributed by atoms with van der Waals surface area (Å²) in [7, 11) is 0. The Kier molecular flexibility index (Phi) is 5.60. The van der Waals surface area contributed by atoms with E-state index in [0.717, 1.165) is 99.1 Å². The molecule has 0 aliphatic carbocycles. The molecule has 5 nitrogen and oxygen atoms in total. The summed E-state index contributed by atoms with van der Waals surface area (Å²) in [6.07, 6.45) is 0. The van der Waals surface area contributed by atoms with Crippen molar-refractivity contribution in [3.8, 4) is 11.5 Å². The lowest BCUT2D eigenvalue weighted by Gasteiger charge is -2.26. The average molecular weight is 643 g/mol. The molecule has 3 heterocycles. The van der Waals surface area contributed by atoms with Crippen molar-refractivity contribution in [2.75, 3.05) is 4.90 Å². The maximum atomic E-state index is 6.55. The Balaban J connectivity index is 1.17. The van der Waals surface area contributed by atoms with E-state index in [2.05, 4.69) is 102 Å². The van der Waals surface area contributed by atoms with Crippen molar-refractivity contribution in [1.82, 2.24) is 4.98 Å². The first-order valence-electron chi connectivity index (χ1n) is 16.7. The molecule has 0 saturated carbocycles. The number of benzene rings is 8. The van der Waals surface area contributed by atoms with E-state index in [1.54, 1.807) is 0 Å². The molecule has 0 bridgehead atoms. The summed E-state index contributed by atoms with van der Waals surface area (Å²) < 4.78 is 19.2. The van der Waals surface area contributed by atoms with Gasteiger partial charge in [-0.1, -0.05) is 78.9 Å². The Morgan fingerprint density at radius 2 is 0.980 bits per heavy atom. The lowest BCUT2D eigenvalue weighted by molar-refractivity contribution is 0.623. The number of anilines is 3. The number of aromatic nitrogens is 1. The fourth-order valence-electron chi connectivity index (χ4n) is 7.51. The number of hydrogen-bond acceptors (Lipinski definition) is 5. The smallest absolute Gasteiger partial charge is 0.227 e. The number of para-hydroxylation sites is 2. The lowest BCUT2D eigenvalue weighted by Crippen LogP contribution is -2.09. The first kappa shape index (κ1) is 27.1. The van der Waals surface area contributed by atoms with Crippen LogP contribution in [0.15, 0.2) is 171 Å². The zero-order valence-electron chi connectivity index (χ0n) is 26.6. The zero-order valence-corrected chi connectivity index (χ0v) is 26.6. The van der Waals surface area contributed by atoms with Gasteiger partial charge < -0.3 is 18.2 Å². The Labute approximate surface area is 285 Å². The van der Waals surface area contributed by atoms with Crippen LogP contribution in [0.5, 0.6) is 0 Å². The second kappa shape index (κ2) is 10.3. The van der Waals surface area contributed by atoms with Gasteiger partial charge in [0.2, 0.25) is 5.89 Å². The second-order valence-electron chi connectivity index (χ2n) is 12.8. The topological polar surface area (TPSA) is 55.6 Å². The molecule has 3 aromatic heterocycles. The standard InChI is InChI=1S/C45H26N2O3/c1-2-8-29(9-3-1)45-46-38-22-17-28-15-14-27-16-18-30(24-36(27)43(28)44(38)50-45)47(31-20-23-41-37(25-31)34-11-5-7-13-40(34)48-41)32-19-21-35-33-10-4-6-12-39(33)49-42(35)26-32/h1-26H. The molecule has 11 aromatic rings. The minimum absolute atomic E-state index is 0.614. The summed E-state index contributed by atoms with van der Waals surface area (Å²) in [5, 5.41) is 8.70. The van der Waals surface area contributed by atoms with Gasteiger partial charge in [-0.3, -0.25) is 0 Å². The highest BCUT2D eigenvalue weighted by Crippen LogP contribution is 2.43. The van der Waals surface area contributed by atoms with Crippen LogP contribution >= 0.6 is 0 Å². The number of rotatable bonds is 4. The normalized spacial score (nSPS) is 12.0. The van der Waals surface area contributed by atoms with Crippen molar-refractivity contribution in [2.24, 2.45) is 0 Å². The predicted octanol–water partition coefficient (Wildman–Crippen LogP) is 13.1. The van der Waals surface area contributed by atoms with Crippen LogP contribution in [0.2, 0.25) is 0 Å². The average Bonchev–Trinajstić information content (AvgIpc) is 3.88. The quantitative estimate of drug-likeness (QED) is 0.179. The molecule has 0 radical (unpaired) electrons. The maximum Gasteiger partial charge on any atom is 0.227 e. The molecule has 234 valence electrons. The third kappa shape index (κ3) is 4.04.